The number of hydrogen-bond donors (Lipinski definition) is 1. The number of ether oxygens (including phenoxy) is 1. The van der Waals surface area contributed by atoms with Gasteiger partial charge in [-0.1, -0.05) is 12.1 Å². The summed E-state index contributed by atoms with van der Waals surface area (Å²) < 4.78 is 44.4. The van der Waals surface area contributed by atoms with Crippen LogP contribution in [-0.4, -0.2) is 41.2 Å². The number of hydrogen-bond acceptors (Lipinski definition) is 4. The number of halogens is 3. The zero-order chi connectivity index (χ0) is 20.4. The van der Waals surface area contributed by atoms with Crippen LogP contribution in [-0.2, 0) is 17.3 Å². The van der Waals surface area contributed by atoms with Crippen molar-refractivity contribution < 1.29 is 22.7 Å². The van der Waals surface area contributed by atoms with Gasteiger partial charge < -0.3 is 4.74 Å². The number of carbonyl (C=O) groups is 1. The van der Waals surface area contributed by atoms with Crippen LogP contribution in [0.3, 0.4) is 0 Å². The van der Waals surface area contributed by atoms with Crippen molar-refractivity contribution in [2.45, 2.75) is 37.6 Å². The van der Waals surface area contributed by atoms with Crippen LogP contribution in [0, 0.1) is 5.92 Å². The molecule has 0 aliphatic carbocycles. The van der Waals surface area contributed by atoms with Gasteiger partial charge in [-0.25, -0.2) is 4.79 Å². The number of alkyl halides is 3. The lowest BCUT2D eigenvalue weighted by Gasteiger charge is -2.50. The molecule has 3 saturated heterocycles. The monoisotopic (exact) mass is 405 g/mol. The molecule has 0 radical (unpaired) electrons. The molecule has 0 unspecified atom stereocenters. The van der Waals surface area contributed by atoms with Gasteiger partial charge in [0.25, 0.3) is 0 Å². The summed E-state index contributed by atoms with van der Waals surface area (Å²) in [7, 11) is 0. The van der Waals surface area contributed by atoms with Crippen molar-refractivity contribution in [3.05, 3.63) is 59.9 Å². The maximum Gasteiger partial charge on any atom is 0.416 e. The van der Waals surface area contributed by atoms with E-state index in [1.807, 2.05) is 18.3 Å². The van der Waals surface area contributed by atoms with Gasteiger partial charge in [-0.2, -0.15) is 13.2 Å². The zero-order valence-corrected chi connectivity index (χ0v) is 15.7. The molecule has 5 nitrogen and oxygen atoms in total. The number of pyridine rings is 1. The van der Waals surface area contributed by atoms with E-state index < -0.39 is 17.8 Å². The number of piperidine rings is 3. The van der Waals surface area contributed by atoms with E-state index in [1.165, 1.54) is 12.1 Å². The Kier molecular flexibility index (Phi) is 5.45. The molecule has 1 N–H and O–H groups in total. The van der Waals surface area contributed by atoms with Gasteiger partial charge in [-0.15, -0.1) is 0 Å². The van der Waals surface area contributed by atoms with E-state index in [1.54, 1.807) is 6.20 Å². The van der Waals surface area contributed by atoms with Crippen molar-refractivity contribution in [3.8, 4) is 0 Å². The molecule has 3 aliphatic rings. The quantitative estimate of drug-likeness (QED) is 0.822. The Labute approximate surface area is 166 Å². The summed E-state index contributed by atoms with van der Waals surface area (Å²) in [5, 5.41) is 2.45. The summed E-state index contributed by atoms with van der Waals surface area (Å²) in [6.07, 6.45) is 0.646. The van der Waals surface area contributed by atoms with Gasteiger partial charge in [0.2, 0.25) is 0 Å². The molecule has 2 bridgehead atoms. The molecule has 2 aromatic rings. The Balaban J connectivity index is 1.46. The molecule has 29 heavy (non-hydrogen) atoms. The minimum atomic E-state index is -4.47. The van der Waals surface area contributed by atoms with E-state index in [9.17, 15) is 18.0 Å². The first-order valence-electron chi connectivity index (χ1n) is 9.68. The summed E-state index contributed by atoms with van der Waals surface area (Å²) in [4.78, 5) is 19.0. The van der Waals surface area contributed by atoms with Crippen LogP contribution in [0.15, 0.2) is 48.8 Å². The van der Waals surface area contributed by atoms with Crippen molar-refractivity contribution in [1.82, 2.24) is 9.88 Å². The first-order valence-corrected chi connectivity index (χ1v) is 9.68. The van der Waals surface area contributed by atoms with Crippen molar-refractivity contribution in [2.75, 3.05) is 18.4 Å². The number of amides is 1. The number of benzene rings is 1. The second-order valence-electron chi connectivity index (χ2n) is 7.58. The Morgan fingerprint density at radius 1 is 1.21 bits per heavy atom. The topological polar surface area (TPSA) is 54.5 Å². The highest BCUT2D eigenvalue weighted by Gasteiger charge is 2.44. The maximum atomic E-state index is 12.9. The summed E-state index contributed by atoms with van der Waals surface area (Å²) in [5.41, 5.74) is 0.319. The van der Waals surface area contributed by atoms with Gasteiger partial charge in [0.1, 0.15) is 6.10 Å². The van der Waals surface area contributed by atoms with Crippen LogP contribution in [0.5, 0.6) is 0 Å². The SMILES string of the molecule is O=C(Nc1cccc(C(F)(F)F)c1)O[C@@H]1C2CCN(CC2)[C@H]1Cc1cccnc1. The molecule has 0 saturated carbocycles. The van der Waals surface area contributed by atoms with Crippen molar-refractivity contribution in [3.63, 3.8) is 0 Å². The van der Waals surface area contributed by atoms with E-state index in [2.05, 4.69) is 15.2 Å². The average Bonchev–Trinajstić information content (AvgIpc) is 2.71. The van der Waals surface area contributed by atoms with Gasteiger partial charge in [0.05, 0.1) is 11.6 Å². The molecule has 1 aromatic carbocycles. The molecular formula is C21H22F3N3O2. The molecule has 8 heteroatoms. The molecule has 2 atom stereocenters. The fourth-order valence-corrected chi connectivity index (χ4v) is 4.33. The number of fused-ring (bicyclic) bond motifs is 3. The molecule has 3 fully saturated rings. The highest BCUT2D eigenvalue weighted by atomic mass is 19.4. The molecule has 4 heterocycles. The highest BCUT2D eigenvalue weighted by molar-refractivity contribution is 5.84. The van der Waals surface area contributed by atoms with Crippen molar-refractivity contribution in [1.29, 1.82) is 0 Å². The average molecular weight is 405 g/mol. The molecule has 0 spiro atoms. The summed E-state index contributed by atoms with van der Waals surface area (Å²) in [6.45, 7) is 1.93. The largest absolute Gasteiger partial charge is 0.444 e. The van der Waals surface area contributed by atoms with Crippen LogP contribution in [0.25, 0.3) is 0 Å². The van der Waals surface area contributed by atoms with Crippen LogP contribution >= 0.6 is 0 Å². The lowest BCUT2D eigenvalue weighted by atomic mass is 9.78. The van der Waals surface area contributed by atoms with Gasteiger partial charge >= 0.3 is 12.3 Å². The Morgan fingerprint density at radius 2 is 2.00 bits per heavy atom. The standard InChI is InChI=1S/C21H22F3N3O2/c22-21(23,24)16-4-1-5-17(12-16)26-20(28)29-19-15-6-9-27(10-7-15)18(19)11-14-3-2-8-25-13-14/h1-5,8,12-13,15,18-19H,6-7,9-11H2,(H,26,28)/t18-,19+/m0/s1. The van der Waals surface area contributed by atoms with E-state index in [0.29, 0.717) is 6.42 Å². The number of nitrogens with one attached hydrogen (secondary N) is 1. The third-order valence-corrected chi connectivity index (χ3v) is 5.73. The Hall–Kier alpha value is -2.61. The molecule has 3 aliphatic heterocycles. The second-order valence-corrected chi connectivity index (χ2v) is 7.58. The van der Waals surface area contributed by atoms with E-state index in [-0.39, 0.29) is 23.8 Å². The smallest absolute Gasteiger partial charge is 0.416 e. The highest BCUT2D eigenvalue weighted by Crippen LogP contribution is 2.36. The van der Waals surface area contributed by atoms with Crippen LogP contribution in [0.1, 0.15) is 24.0 Å². The fourth-order valence-electron chi connectivity index (χ4n) is 4.33. The first-order chi connectivity index (χ1) is 13.9. The van der Waals surface area contributed by atoms with Crippen molar-refractivity contribution >= 4 is 11.8 Å². The predicted molar refractivity (Wildman–Crippen MR) is 101 cm³/mol. The zero-order valence-electron chi connectivity index (χ0n) is 15.7. The lowest BCUT2D eigenvalue weighted by molar-refractivity contribution is -0.137. The van der Waals surface area contributed by atoms with Crippen LogP contribution in [0.4, 0.5) is 23.7 Å². The second kappa shape index (κ2) is 8.02. The summed E-state index contributed by atoms with van der Waals surface area (Å²) in [6, 6.07) is 8.47. The number of carbonyl (C=O) groups excluding carboxylic acids is 1. The molecular weight excluding hydrogens is 383 g/mol. The molecule has 1 amide bonds. The number of aromatic nitrogens is 1. The molecule has 5 rings (SSSR count). The van der Waals surface area contributed by atoms with Gasteiger partial charge in [-0.05, 0) is 62.2 Å². The molecule has 1 aromatic heterocycles. The van der Waals surface area contributed by atoms with Gasteiger partial charge in [-0.3, -0.25) is 15.2 Å². The summed E-state index contributed by atoms with van der Waals surface area (Å²) >= 11 is 0. The predicted octanol–water partition coefficient (Wildman–Crippen LogP) is 4.35. The normalized spacial score (nSPS) is 26.2. The van der Waals surface area contributed by atoms with Crippen LogP contribution < -0.4 is 5.32 Å². The van der Waals surface area contributed by atoms with E-state index >= 15 is 0 Å². The fraction of sp³-hybridized carbons (Fsp3) is 0.429. The van der Waals surface area contributed by atoms with Crippen molar-refractivity contribution in [2.24, 2.45) is 5.92 Å². The van der Waals surface area contributed by atoms with Crippen LogP contribution in [0.2, 0.25) is 0 Å². The Bertz CT molecular complexity index is 852. The Morgan fingerprint density at radius 3 is 2.69 bits per heavy atom. The van der Waals surface area contributed by atoms with E-state index in [0.717, 1.165) is 43.6 Å². The number of nitrogens with zero attached hydrogens (tertiary/aromatic N) is 2. The summed E-state index contributed by atoms with van der Waals surface area (Å²) in [5.74, 6) is 0.258. The van der Waals surface area contributed by atoms with Gasteiger partial charge in [0, 0.05) is 24.0 Å². The minimum Gasteiger partial charge on any atom is -0.444 e. The third kappa shape index (κ3) is 4.53. The maximum absolute atomic E-state index is 12.9. The third-order valence-electron chi connectivity index (χ3n) is 5.73. The minimum absolute atomic E-state index is 0.0407. The number of rotatable bonds is 4. The van der Waals surface area contributed by atoms with Gasteiger partial charge in [0.15, 0.2) is 0 Å². The number of anilines is 1. The molecule has 154 valence electrons. The van der Waals surface area contributed by atoms with E-state index in [4.69, 9.17) is 4.74 Å². The lowest BCUT2D eigenvalue weighted by Crippen LogP contribution is -2.60. The first kappa shape index (κ1) is 19.7.